The van der Waals surface area contributed by atoms with Crippen molar-refractivity contribution >= 4 is 5.82 Å². The van der Waals surface area contributed by atoms with Crippen molar-refractivity contribution in [3.8, 4) is 6.07 Å². The monoisotopic (exact) mass is 245 g/mol. The molecule has 0 saturated carbocycles. The molecule has 0 spiro atoms. The molecule has 1 aromatic heterocycles. The van der Waals surface area contributed by atoms with Gasteiger partial charge in [-0.2, -0.15) is 5.26 Å². The number of ether oxygens (including phenoxy) is 1. The first kappa shape index (κ1) is 12.8. The molecule has 0 aromatic carbocycles. The Morgan fingerprint density at radius 3 is 3.11 bits per heavy atom. The summed E-state index contributed by atoms with van der Waals surface area (Å²) in [5.74, 6) is 0.746. The second kappa shape index (κ2) is 6.36. The molecular formula is C14H19N3O. The van der Waals surface area contributed by atoms with E-state index in [0.29, 0.717) is 5.56 Å². The molecule has 0 saturated heterocycles. The minimum atomic E-state index is 0.669. The first-order valence-corrected chi connectivity index (χ1v) is 6.51. The summed E-state index contributed by atoms with van der Waals surface area (Å²) in [4.78, 5) is 4.58. The summed E-state index contributed by atoms with van der Waals surface area (Å²) in [6.07, 6.45) is 5.31. The van der Waals surface area contributed by atoms with Crippen LogP contribution in [0.4, 0.5) is 5.82 Å². The van der Waals surface area contributed by atoms with E-state index >= 15 is 0 Å². The molecule has 0 fully saturated rings. The molecule has 1 N–H and O–H groups in total. The van der Waals surface area contributed by atoms with E-state index in [9.17, 15) is 0 Å². The van der Waals surface area contributed by atoms with Crippen LogP contribution in [-0.4, -0.2) is 25.2 Å². The Hall–Kier alpha value is -1.60. The van der Waals surface area contributed by atoms with Gasteiger partial charge in [0.05, 0.1) is 5.56 Å². The van der Waals surface area contributed by atoms with E-state index in [1.54, 1.807) is 7.11 Å². The first-order valence-electron chi connectivity index (χ1n) is 6.51. The summed E-state index contributed by atoms with van der Waals surface area (Å²) in [6, 6.07) is 4.22. The van der Waals surface area contributed by atoms with Crippen LogP contribution in [0.3, 0.4) is 0 Å². The topological polar surface area (TPSA) is 57.9 Å². The minimum Gasteiger partial charge on any atom is -0.385 e. The number of methoxy groups -OCH3 is 1. The number of pyridine rings is 1. The van der Waals surface area contributed by atoms with Crippen LogP contribution in [0.25, 0.3) is 0 Å². The molecular weight excluding hydrogens is 226 g/mol. The normalized spacial score (nSPS) is 13.1. The van der Waals surface area contributed by atoms with Crippen molar-refractivity contribution in [2.45, 2.75) is 32.1 Å². The molecule has 2 rings (SSSR count). The van der Waals surface area contributed by atoms with Crippen molar-refractivity contribution in [3.05, 3.63) is 22.9 Å². The number of fused-ring (bicyclic) bond motifs is 1. The number of unbranched alkanes of at least 4 members (excludes halogenated alkanes) is 1. The zero-order valence-electron chi connectivity index (χ0n) is 10.8. The van der Waals surface area contributed by atoms with Crippen molar-refractivity contribution in [1.29, 1.82) is 5.26 Å². The highest BCUT2D eigenvalue weighted by Gasteiger charge is 2.15. The Balaban J connectivity index is 1.97. The van der Waals surface area contributed by atoms with Gasteiger partial charge in [-0.1, -0.05) is 0 Å². The van der Waals surface area contributed by atoms with Gasteiger partial charge in [0.15, 0.2) is 0 Å². The number of aryl methyl sites for hydroxylation is 2. The van der Waals surface area contributed by atoms with Gasteiger partial charge in [0.25, 0.3) is 0 Å². The molecule has 96 valence electrons. The predicted octanol–water partition coefficient (Wildman–Crippen LogP) is 2.28. The van der Waals surface area contributed by atoms with Crippen molar-refractivity contribution in [2.24, 2.45) is 0 Å². The highest BCUT2D eigenvalue weighted by Crippen LogP contribution is 2.24. The first-order chi connectivity index (χ1) is 8.85. The fourth-order valence-corrected chi connectivity index (χ4v) is 2.27. The molecule has 1 aliphatic carbocycles. The summed E-state index contributed by atoms with van der Waals surface area (Å²) in [5, 5.41) is 12.4. The van der Waals surface area contributed by atoms with Crippen LogP contribution < -0.4 is 5.32 Å². The number of hydrogen-bond donors (Lipinski definition) is 1. The van der Waals surface area contributed by atoms with E-state index < -0.39 is 0 Å². The predicted molar refractivity (Wildman–Crippen MR) is 70.6 cm³/mol. The SMILES string of the molecule is COCCCCNc1nc2c(cc1C#N)CCC2. The number of nitrogens with zero attached hydrogens (tertiary/aromatic N) is 2. The van der Waals surface area contributed by atoms with Gasteiger partial charge < -0.3 is 10.1 Å². The summed E-state index contributed by atoms with van der Waals surface area (Å²) in [5.41, 5.74) is 3.08. The van der Waals surface area contributed by atoms with Gasteiger partial charge in [0.2, 0.25) is 0 Å². The highest BCUT2D eigenvalue weighted by atomic mass is 16.5. The van der Waals surface area contributed by atoms with Gasteiger partial charge in [-0.25, -0.2) is 4.98 Å². The van der Waals surface area contributed by atoms with Gasteiger partial charge in [-0.15, -0.1) is 0 Å². The maximum Gasteiger partial charge on any atom is 0.144 e. The molecule has 1 aromatic rings. The van der Waals surface area contributed by atoms with Crippen LogP contribution in [0.15, 0.2) is 6.07 Å². The molecule has 0 amide bonds. The summed E-state index contributed by atoms with van der Waals surface area (Å²) in [6.45, 7) is 1.62. The summed E-state index contributed by atoms with van der Waals surface area (Å²) < 4.78 is 5.00. The van der Waals surface area contributed by atoms with Crippen molar-refractivity contribution < 1.29 is 4.74 Å². The molecule has 4 nitrogen and oxygen atoms in total. The van der Waals surface area contributed by atoms with Gasteiger partial charge in [-0.05, 0) is 43.7 Å². The lowest BCUT2D eigenvalue weighted by Crippen LogP contribution is -2.08. The molecule has 0 atom stereocenters. The number of nitriles is 1. The molecule has 4 heteroatoms. The van der Waals surface area contributed by atoms with Crippen LogP contribution >= 0.6 is 0 Å². The van der Waals surface area contributed by atoms with Crippen LogP contribution in [0.5, 0.6) is 0 Å². The highest BCUT2D eigenvalue weighted by molar-refractivity contribution is 5.54. The molecule has 0 aliphatic heterocycles. The Morgan fingerprint density at radius 1 is 1.44 bits per heavy atom. The maximum absolute atomic E-state index is 9.14. The van der Waals surface area contributed by atoms with E-state index in [-0.39, 0.29) is 0 Å². The Kier molecular flexibility index (Phi) is 4.54. The van der Waals surface area contributed by atoms with Crippen LogP contribution in [0, 0.1) is 11.3 Å². The van der Waals surface area contributed by atoms with Crippen molar-refractivity contribution in [1.82, 2.24) is 4.98 Å². The summed E-state index contributed by atoms with van der Waals surface area (Å²) in [7, 11) is 1.71. The average molecular weight is 245 g/mol. The van der Waals surface area contributed by atoms with E-state index in [0.717, 1.165) is 56.8 Å². The Labute approximate surface area is 108 Å². The quantitative estimate of drug-likeness (QED) is 0.781. The largest absolute Gasteiger partial charge is 0.385 e. The Bertz CT molecular complexity index is 451. The van der Waals surface area contributed by atoms with Crippen molar-refractivity contribution in [3.63, 3.8) is 0 Å². The number of anilines is 1. The average Bonchev–Trinajstić information content (AvgIpc) is 2.84. The lowest BCUT2D eigenvalue weighted by atomic mass is 10.1. The van der Waals surface area contributed by atoms with Gasteiger partial charge in [0, 0.05) is 26.0 Å². The Morgan fingerprint density at radius 2 is 2.33 bits per heavy atom. The second-order valence-corrected chi connectivity index (χ2v) is 4.58. The molecule has 0 radical (unpaired) electrons. The van der Waals surface area contributed by atoms with E-state index in [4.69, 9.17) is 10.00 Å². The number of rotatable bonds is 6. The second-order valence-electron chi connectivity index (χ2n) is 4.58. The van der Waals surface area contributed by atoms with Crippen molar-refractivity contribution in [2.75, 3.05) is 25.6 Å². The fraction of sp³-hybridized carbons (Fsp3) is 0.571. The minimum absolute atomic E-state index is 0.669. The smallest absolute Gasteiger partial charge is 0.144 e. The third kappa shape index (κ3) is 2.99. The number of aromatic nitrogens is 1. The third-order valence-corrected chi connectivity index (χ3v) is 3.24. The van der Waals surface area contributed by atoms with Crippen LogP contribution in [0.2, 0.25) is 0 Å². The zero-order chi connectivity index (χ0) is 12.8. The zero-order valence-corrected chi connectivity index (χ0v) is 10.8. The fourth-order valence-electron chi connectivity index (χ4n) is 2.27. The van der Waals surface area contributed by atoms with E-state index in [1.165, 1.54) is 5.56 Å². The molecule has 0 unspecified atom stereocenters. The molecule has 1 heterocycles. The summed E-state index contributed by atoms with van der Waals surface area (Å²) >= 11 is 0. The third-order valence-electron chi connectivity index (χ3n) is 3.24. The van der Waals surface area contributed by atoms with Gasteiger partial charge in [-0.3, -0.25) is 0 Å². The van der Waals surface area contributed by atoms with E-state index in [2.05, 4.69) is 16.4 Å². The van der Waals surface area contributed by atoms with Crippen LogP contribution in [-0.2, 0) is 17.6 Å². The standard InChI is InChI=1S/C14H19N3O/c1-18-8-3-2-7-16-14-12(10-15)9-11-5-4-6-13(11)17-14/h9H,2-8H2,1H3,(H,16,17). The van der Waals surface area contributed by atoms with Crippen LogP contribution in [0.1, 0.15) is 36.1 Å². The molecule has 1 aliphatic rings. The molecule has 0 bridgehead atoms. The van der Waals surface area contributed by atoms with Gasteiger partial charge in [0.1, 0.15) is 11.9 Å². The maximum atomic E-state index is 9.14. The number of nitrogens with one attached hydrogen (secondary N) is 1. The number of hydrogen-bond acceptors (Lipinski definition) is 4. The molecule has 18 heavy (non-hydrogen) atoms. The van der Waals surface area contributed by atoms with E-state index in [1.807, 2.05) is 6.07 Å². The van der Waals surface area contributed by atoms with Gasteiger partial charge >= 0.3 is 0 Å². The lowest BCUT2D eigenvalue weighted by Gasteiger charge is -2.09. The lowest BCUT2D eigenvalue weighted by molar-refractivity contribution is 0.194.